The number of hydrogen-bond acceptors (Lipinski definition) is 7. The standard InChI is InChI=1S/C23H34N4O5/c28-22(24-19-3-4-20-21(16-19)32-14-13-31-20)15-18(23(29)30)17-27-11-9-26(10-12-27)8-7-25-5-1-2-6-25/h3-4,16,18H,1-2,5-15,17H2,(H,24,28)(H,29,30)/t18-/m1/s1. The van der Waals surface area contributed by atoms with Crippen LogP contribution in [0.15, 0.2) is 18.2 Å². The first-order chi connectivity index (χ1) is 15.6. The number of benzene rings is 1. The maximum atomic E-state index is 12.5. The molecule has 0 spiro atoms. The number of fused-ring (bicyclic) bond motifs is 1. The third-order valence-corrected chi connectivity index (χ3v) is 6.48. The van der Waals surface area contributed by atoms with Crippen molar-refractivity contribution in [2.75, 3.05) is 77.4 Å². The van der Waals surface area contributed by atoms with E-state index in [9.17, 15) is 14.7 Å². The summed E-state index contributed by atoms with van der Waals surface area (Å²) in [6.45, 7) is 9.58. The molecule has 9 heteroatoms. The van der Waals surface area contributed by atoms with Crippen LogP contribution in [0.1, 0.15) is 19.3 Å². The fourth-order valence-electron chi connectivity index (χ4n) is 4.58. The van der Waals surface area contributed by atoms with Crippen LogP contribution >= 0.6 is 0 Å². The minimum atomic E-state index is -0.932. The number of hydrogen-bond donors (Lipinski definition) is 2. The summed E-state index contributed by atoms with van der Waals surface area (Å²) in [5.41, 5.74) is 0.579. The van der Waals surface area contributed by atoms with Gasteiger partial charge in [0.1, 0.15) is 13.2 Å². The first kappa shape index (κ1) is 22.8. The Labute approximate surface area is 189 Å². The molecule has 2 saturated heterocycles. The van der Waals surface area contributed by atoms with Crippen molar-refractivity contribution in [2.24, 2.45) is 5.92 Å². The Bertz CT molecular complexity index is 791. The van der Waals surface area contributed by atoms with Crippen LogP contribution in [-0.4, -0.2) is 104 Å². The molecule has 4 rings (SSSR count). The van der Waals surface area contributed by atoms with E-state index in [2.05, 4.69) is 20.0 Å². The summed E-state index contributed by atoms with van der Waals surface area (Å²) >= 11 is 0. The lowest BCUT2D eigenvalue weighted by molar-refractivity contribution is -0.144. The van der Waals surface area contributed by atoms with Crippen LogP contribution in [0.3, 0.4) is 0 Å². The summed E-state index contributed by atoms with van der Waals surface area (Å²) in [4.78, 5) is 31.5. The van der Waals surface area contributed by atoms with Gasteiger partial charge in [-0.3, -0.25) is 19.4 Å². The van der Waals surface area contributed by atoms with Gasteiger partial charge in [0.05, 0.1) is 5.92 Å². The monoisotopic (exact) mass is 446 g/mol. The van der Waals surface area contributed by atoms with Gasteiger partial charge in [-0.1, -0.05) is 0 Å². The highest BCUT2D eigenvalue weighted by Crippen LogP contribution is 2.32. The van der Waals surface area contributed by atoms with E-state index in [4.69, 9.17) is 9.47 Å². The molecular formula is C23H34N4O5. The number of carbonyl (C=O) groups is 2. The van der Waals surface area contributed by atoms with Crippen molar-refractivity contribution < 1.29 is 24.2 Å². The molecule has 2 N–H and O–H groups in total. The van der Waals surface area contributed by atoms with Crippen LogP contribution in [0.2, 0.25) is 0 Å². The second kappa shape index (κ2) is 11.0. The number of nitrogens with one attached hydrogen (secondary N) is 1. The van der Waals surface area contributed by atoms with Crippen LogP contribution in [0, 0.1) is 5.92 Å². The third-order valence-electron chi connectivity index (χ3n) is 6.48. The van der Waals surface area contributed by atoms with Crippen molar-refractivity contribution in [3.05, 3.63) is 18.2 Å². The molecular weight excluding hydrogens is 412 g/mol. The van der Waals surface area contributed by atoms with Gasteiger partial charge < -0.3 is 24.8 Å². The summed E-state index contributed by atoms with van der Waals surface area (Å²) in [5, 5.41) is 12.5. The van der Waals surface area contributed by atoms with Gasteiger partial charge in [-0.05, 0) is 38.1 Å². The number of carbonyl (C=O) groups excluding carboxylic acids is 1. The molecule has 3 heterocycles. The molecule has 32 heavy (non-hydrogen) atoms. The fourth-order valence-corrected chi connectivity index (χ4v) is 4.58. The third kappa shape index (κ3) is 6.34. The van der Waals surface area contributed by atoms with Crippen LogP contribution < -0.4 is 14.8 Å². The molecule has 0 unspecified atom stereocenters. The Morgan fingerprint density at radius 2 is 1.53 bits per heavy atom. The highest BCUT2D eigenvalue weighted by Gasteiger charge is 2.27. The van der Waals surface area contributed by atoms with E-state index in [1.807, 2.05) is 0 Å². The molecule has 0 aromatic heterocycles. The quantitative estimate of drug-likeness (QED) is 0.585. The Balaban J connectivity index is 1.21. The maximum absolute atomic E-state index is 12.5. The second-order valence-electron chi connectivity index (χ2n) is 8.84. The number of nitrogens with zero attached hydrogens (tertiary/aromatic N) is 3. The van der Waals surface area contributed by atoms with Crippen molar-refractivity contribution in [1.82, 2.24) is 14.7 Å². The molecule has 1 amide bonds. The highest BCUT2D eigenvalue weighted by atomic mass is 16.6. The molecule has 1 aromatic carbocycles. The van der Waals surface area contributed by atoms with Gasteiger partial charge >= 0.3 is 5.97 Å². The molecule has 0 bridgehead atoms. The van der Waals surface area contributed by atoms with Crippen molar-refractivity contribution in [2.45, 2.75) is 19.3 Å². The largest absolute Gasteiger partial charge is 0.486 e. The highest BCUT2D eigenvalue weighted by molar-refractivity contribution is 5.93. The average molecular weight is 447 g/mol. The number of amides is 1. The van der Waals surface area contributed by atoms with Gasteiger partial charge in [-0.25, -0.2) is 0 Å². The van der Waals surface area contributed by atoms with Gasteiger partial charge in [0.25, 0.3) is 0 Å². The molecule has 1 aromatic rings. The second-order valence-corrected chi connectivity index (χ2v) is 8.84. The van der Waals surface area contributed by atoms with Crippen molar-refractivity contribution >= 4 is 17.6 Å². The predicted octanol–water partition coefficient (Wildman–Crippen LogP) is 1.20. The number of carboxylic acid groups (broad SMARTS) is 1. The fraction of sp³-hybridized carbons (Fsp3) is 0.652. The number of ether oxygens (including phenoxy) is 2. The Hall–Kier alpha value is -2.36. The normalized spacial score (nSPS) is 20.8. The van der Waals surface area contributed by atoms with Gasteiger partial charge in [0, 0.05) is 64.0 Å². The maximum Gasteiger partial charge on any atom is 0.308 e. The van der Waals surface area contributed by atoms with Crippen molar-refractivity contribution in [1.29, 1.82) is 0 Å². The topological polar surface area (TPSA) is 94.6 Å². The predicted molar refractivity (Wildman–Crippen MR) is 120 cm³/mol. The molecule has 2 fully saturated rings. The lowest BCUT2D eigenvalue weighted by Crippen LogP contribution is -2.50. The molecule has 3 aliphatic rings. The van der Waals surface area contributed by atoms with Crippen molar-refractivity contribution in [3.63, 3.8) is 0 Å². The summed E-state index contributed by atoms with van der Waals surface area (Å²) < 4.78 is 11.0. The molecule has 1 atom stereocenters. The van der Waals surface area contributed by atoms with E-state index in [1.165, 1.54) is 25.9 Å². The zero-order valence-electron chi connectivity index (χ0n) is 18.6. The van der Waals surface area contributed by atoms with Gasteiger partial charge in [0.15, 0.2) is 11.5 Å². The summed E-state index contributed by atoms with van der Waals surface area (Å²) in [6, 6.07) is 5.20. The zero-order chi connectivity index (χ0) is 22.3. The Morgan fingerprint density at radius 1 is 0.906 bits per heavy atom. The van der Waals surface area contributed by atoms with Gasteiger partial charge in [-0.2, -0.15) is 0 Å². The van der Waals surface area contributed by atoms with Gasteiger partial charge in [0.2, 0.25) is 5.91 Å². The van der Waals surface area contributed by atoms with Crippen molar-refractivity contribution in [3.8, 4) is 11.5 Å². The minimum Gasteiger partial charge on any atom is -0.486 e. The SMILES string of the molecule is O=C(C[C@H](CN1CCN(CCN2CCCC2)CC1)C(=O)O)Nc1ccc2c(c1)OCCO2. The van der Waals surface area contributed by atoms with Crippen LogP contribution in [-0.2, 0) is 9.59 Å². The summed E-state index contributed by atoms with van der Waals surface area (Å²) in [7, 11) is 0. The number of carboxylic acids is 1. The summed E-state index contributed by atoms with van der Waals surface area (Å²) in [5.74, 6) is -0.732. The number of aliphatic carboxylic acids is 1. The number of anilines is 1. The Kier molecular flexibility index (Phi) is 7.83. The van der Waals surface area contributed by atoms with E-state index >= 15 is 0 Å². The number of rotatable bonds is 9. The smallest absolute Gasteiger partial charge is 0.308 e. The lowest BCUT2D eigenvalue weighted by atomic mass is 10.0. The molecule has 9 nitrogen and oxygen atoms in total. The van der Waals surface area contributed by atoms with E-state index in [1.54, 1.807) is 18.2 Å². The van der Waals surface area contributed by atoms with Gasteiger partial charge in [-0.15, -0.1) is 0 Å². The lowest BCUT2D eigenvalue weighted by Gasteiger charge is -2.36. The van der Waals surface area contributed by atoms with E-state index < -0.39 is 11.9 Å². The first-order valence-corrected chi connectivity index (χ1v) is 11.7. The van der Waals surface area contributed by atoms with Crippen LogP contribution in [0.4, 0.5) is 5.69 Å². The van der Waals surface area contributed by atoms with E-state index in [0.717, 1.165) is 39.3 Å². The van der Waals surface area contributed by atoms with Crippen LogP contribution in [0.25, 0.3) is 0 Å². The first-order valence-electron chi connectivity index (χ1n) is 11.7. The number of piperazine rings is 1. The zero-order valence-corrected chi connectivity index (χ0v) is 18.6. The molecule has 0 radical (unpaired) electrons. The van der Waals surface area contributed by atoms with E-state index in [0.29, 0.717) is 36.9 Å². The number of likely N-dealkylation sites (tertiary alicyclic amines) is 1. The Morgan fingerprint density at radius 3 is 2.22 bits per heavy atom. The molecule has 0 aliphatic carbocycles. The minimum absolute atomic E-state index is 0.0566. The summed E-state index contributed by atoms with van der Waals surface area (Å²) in [6.07, 6.45) is 2.57. The van der Waals surface area contributed by atoms with E-state index in [-0.39, 0.29) is 12.3 Å². The molecule has 0 saturated carbocycles. The van der Waals surface area contributed by atoms with Crippen LogP contribution in [0.5, 0.6) is 11.5 Å². The molecule has 3 aliphatic heterocycles. The average Bonchev–Trinajstić information content (AvgIpc) is 3.32. The molecule has 176 valence electrons.